The van der Waals surface area contributed by atoms with Crippen LogP contribution in [0.3, 0.4) is 0 Å². The van der Waals surface area contributed by atoms with Crippen LogP contribution in [0.25, 0.3) is 0 Å². The maximum atomic E-state index is 5.51. The van der Waals surface area contributed by atoms with Crippen LogP contribution in [0.15, 0.2) is 24.3 Å². The van der Waals surface area contributed by atoms with Crippen molar-refractivity contribution in [2.75, 3.05) is 18.5 Å². The van der Waals surface area contributed by atoms with Crippen LogP contribution >= 0.6 is 12.2 Å². The van der Waals surface area contributed by atoms with E-state index in [0.717, 1.165) is 18.0 Å². The van der Waals surface area contributed by atoms with Gasteiger partial charge in [-0.05, 0) is 37.2 Å². The molecule has 0 aromatic heterocycles. The van der Waals surface area contributed by atoms with Crippen molar-refractivity contribution < 1.29 is 4.74 Å². The molecule has 0 unspecified atom stereocenters. The molecule has 0 aliphatic rings. The van der Waals surface area contributed by atoms with E-state index < -0.39 is 0 Å². The predicted molar refractivity (Wildman–Crippen MR) is 76.7 cm³/mol. The molecule has 0 spiro atoms. The molecule has 0 heterocycles. The van der Waals surface area contributed by atoms with Crippen LogP contribution in [-0.4, -0.2) is 18.3 Å². The molecule has 4 heteroatoms. The minimum Gasteiger partial charge on any atom is -0.492 e. The molecule has 1 aromatic rings. The maximum Gasteiger partial charge on any atom is 0.170 e. The Morgan fingerprint density at radius 1 is 1.35 bits per heavy atom. The van der Waals surface area contributed by atoms with Crippen molar-refractivity contribution >= 4 is 23.0 Å². The monoisotopic (exact) mass is 252 g/mol. The second kappa shape index (κ2) is 7.12. The van der Waals surface area contributed by atoms with Gasteiger partial charge in [-0.1, -0.05) is 26.0 Å². The second-order valence-electron chi connectivity index (χ2n) is 4.16. The van der Waals surface area contributed by atoms with Crippen LogP contribution in [0.4, 0.5) is 5.69 Å². The molecule has 0 aliphatic heterocycles. The van der Waals surface area contributed by atoms with Crippen LogP contribution in [0.1, 0.15) is 20.8 Å². The fraction of sp³-hybridized carbons (Fsp3) is 0.462. The van der Waals surface area contributed by atoms with Gasteiger partial charge in [-0.25, -0.2) is 0 Å². The van der Waals surface area contributed by atoms with E-state index in [1.54, 1.807) is 0 Å². The fourth-order valence-corrected chi connectivity index (χ4v) is 1.51. The van der Waals surface area contributed by atoms with Crippen LogP contribution in [-0.2, 0) is 0 Å². The molecule has 0 radical (unpaired) electrons. The average Bonchev–Trinajstić information content (AvgIpc) is 2.29. The zero-order valence-electron chi connectivity index (χ0n) is 10.6. The van der Waals surface area contributed by atoms with Crippen molar-refractivity contribution in [1.29, 1.82) is 0 Å². The number of hydrogen-bond acceptors (Lipinski definition) is 2. The van der Waals surface area contributed by atoms with Crippen molar-refractivity contribution in [3.63, 3.8) is 0 Å². The Hall–Kier alpha value is -1.29. The Labute approximate surface area is 109 Å². The lowest BCUT2D eigenvalue weighted by atomic mass is 10.2. The molecule has 0 bridgehead atoms. The molecule has 1 rings (SSSR count). The lowest BCUT2D eigenvalue weighted by molar-refractivity contribution is 0.342. The molecular formula is C13H20N2OS. The molecule has 0 atom stereocenters. The number of para-hydroxylation sites is 2. The van der Waals surface area contributed by atoms with Gasteiger partial charge in [0.1, 0.15) is 5.75 Å². The van der Waals surface area contributed by atoms with Gasteiger partial charge in [0.2, 0.25) is 0 Å². The van der Waals surface area contributed by atoms with E-state index in [-0.39, 0.29) is 0 Å². The Kier molecular flexibility index (Phi) is 5.77. The van der Waals surface area contributed by atoms with Crippen LogP contribution in [0.5, 0.6) is 5.75 Å². The summed E-state index contributed by atoms with van der Waals surface area (Å²) in [5.74, 6) is 1.39. The summed E-state index contributed by atoms with van der Waals surface area (Å²) in [5, 5.41) is 6.94. The minimum atomic E-state index is 0.567. The third-order valence-electron chi connectivity index (χ3n) is 2.11. The highest BCUT2D eigenvalue weighted by atomic mass is 32.1. The summed E-state index contributed by atoms with van der Waals surface area (Å²) in [6.07, 6.45) is 0. The Balaban J connectivity index is 2.58. The first-order valence-corrected chi connectivity index (χ1v) is 6.31. The first kappa shape index (κ1) is 13.8. The smallest absolute Gasteiger partial charge is 0.170 e. The summed E-state index contributed by atoms with van der Waals surface area (Å²) in [7, 11) is 0. The quantitative estimate of drug-likeness (QED) is 0.789. The Morgan fingerprint density at radius 2 is 2.06 bits per heavy atom. The molecule has 2 N–H and O–H groups in total. The van der Waals surface area contributed by atoms with Crippen molar-refractivity contribution in [3.05, 3.63) is 24.3 Å². The van der Waals surface area contributed by atoms with Gasteiger partial charge in [-0.2, -0.15) is 0 Å². The number of ether oxygens (including phenoxy) is 1. The van der Waals surface area contributed by atoms with E-state index in [0.29, 0.717) is 17.6 Å². The van der Waals surface area contributed by atoms with Gasteiger partial charge in [0, 0.05) is 6.54 Å². The molecular weight excluding hydrogens is 232 g/mol. The summed E-state index contributed by atoms with van der Waals surface area (Å²) in [4.78, 5) is 0. The van der Waals surface area contributed by atoms with E-state index in [4.69, 9.17) is 17.0 Å². The lowest BCUT2D eigenvalue weighted by Crippen LogP contribution is -2.31. The number of nitrogens with one attached hydrogen (secondary N) is 2. The van der Waals surface area contributed by atoms with Gasteiger partial charge in [0.25, 0.3) is 0 Å². The normalized spacial score (nSPS) is 10.1. The van der Waals surface area contributed by atoms with Crippen molar-refractivity contribution in [2.45, 2.75) is 20.8 Å². The maximum absolute atomic E-state index is 5.51. The van der Waals surface area contributed by atoms with Gasteiger partial charge in [-0.15, -0.1) is 0 Å². The average molecular weight is 252 g/mol. The molecule has 0 saturated heterocycles. The van der Waals surface area contributed by atoms with E-state index in [2.05, 4.69) is 24.5 Å². The molecule has 0 saturated carbocycles. The van der Waals surface area contributed by atoms with E-state index in [1.807, 2.05) is 31.2 Å². The largest absolute Gasteiger partial charge is 0.492 e. The zero-order valence-corrected chi connectivity index (χ0v) is 11.4. The molecule has 3 nitrogen and oxygen atoms in total. The summed E-state index contributed by atoms with van der Waals surface area (Å²) >= 11 is 5.22. The summed E-state index contributed by atoms with van der Waals surface area (Å²) in [5.41, 5.74) is 0.899. The number of thiocarbonyl (C=S) groups is 1. The molecule has 0 amide bonds. The molecule has 0 fully saturated rings. The van der Waals surface area contributed by atoms with E-state index >= 15 is 0 Å². The molecule has 1 aromatic carbocycles. The highest BCUT2D eigenvalue weighted by molar-refractivity contribution is 7.80. The molecule has 17 heavy (non-hydrogen) atoms. The van der Waals surface area contributed by atoms with Gasteiger partial charge < -0.3 is 15.4 Å². The van der Waals surface area contributed by atoms with Gasteiger partial charge in [-0.3, -0.25) is 0 Å². The third-order valence-corrected chi connectivity index (χ3v) is 2.35. The van der Waals surface area contributed by atoms with Crippen LogP contribution in [0, 0.1) is 5.92 Å². The van der Waals surface area contributed by atoms with E-state index in [9.17, 15) is 0 Å². The topological polar surface area (TPSA) is 33.3 Å². The van der Waals surface area contributed by atoms with Crippen molar-refractivity contribution in [2.24, 2.45) is 5.92 Å². The van der Waals surface area contributed by atoms with E-state index in [1.165, 1.54) is 0 Å². The zero-order chi connectivity index (χ0) is 12.7. The number of hydrogen-bond donors (Lipinski definition) is 2. The summed E-state index contributed by atoms with van der Waals surface area (Å²) < 4.78 is 5.51. The number of anilines is 1. The van der Waals surface area contributed by atoms with Gasteiger partial charge in [0.05, 0.1) is 12.3 Å². The van der Waals surface area contributed by atoms with Crippen molar-refractivity contribution in [1.82, 2.24) is 5.32 Å². The molecule has 94 valence electrons. The number of rotatable bonds is 5. The Bertz CT molecular complexity index is 366. The minimum absolute atomic E-state index is 0.567. The summed E-state index contributed by atoms with van der Waals surface area (Å²) in [6, 6.07) is 7.78. The SMILES string of the molecule is CCOc1ccccc1NC(=S)NCC(C)C. The van der Waals surface area contributed by atoms with Crippen LogP contribution < -0.4 is 15.4 Å². The first-order valence-electron chi connectivity index (χ1n) is 5.90. The van der Waals surface area contributed by atoms with Gasteiger partial charge >= 0.3 is 0 Å². The highest BCUT2D eigenvalue weighted by Crippen LogP contribution is 2.23. The second-order valence-corrected chi connectivity index (χ2v) is 4.57. The third kappa shape index (κ3) is 5.04. The Morgan fingerprint density at radius 3 is 2.71 bits per heavy atom. The highest BCUT2D eigenvalue weighted by Gasteiger charge is 2.04. The lowest BCUT2D eigenvalue weighted by Gasteiger charge is -2.14. The first-order chi connectivity index (χ1) is 8.13. The number of benzene rings is 1. The summed E-state index contributed by atoms with van der Waals surface area (Å²) in [6.45, 7) is 7.76. The predicted octanol–water partition coefficient (Wildman–Crippen LogP) is 3.03. The fourth-order valence-electron chi connectivity index (χ4n) is 1.31. The van der Waals surface area contributed by atoms with Gasteiger partial charge in [0.15, 0.2) is 5.11 Å². The van der Waals surface area contributed by atoms with Crippen molar-refractivity contribution in [3.8, 4) is 5.75 Å². The van der Waals surface area contributed by atoms with Crippen LogP contribution in [0.2, 0.25) is 0 Å². The standard InChI is InChI=1S/C13H20N2OS/c1-4-16-12-8-6-5-7-11(12)15-13(17)14-9-10(2)3/h5-8,10H,4,9H2,1-3H3,(H2,14,15,17). The molecule has 0 aliphatic carbocycles.